The minimum atomic E-state index is 0.0106. The topological polar surface area (TPSA) is 58.6 Å². The highest BCUT2D eigenvalue weighted by atomic mass is 79.9. The zero-order valence-electron chi connectivity index (χ0n) is 13.5. The van der Waals surface area contributed by atoms with Gasteiger partial charge in [0.15, 0.2) is 6.61 Å². The third-order valence-electron chi connectivity index (χ3n) is 3.92. The number of hydrogen-bond donors (Lipinski definition) is 0. The van der Waals surface area contributed by atoms with E-state index in [2.05, 4.69) is 30.8 Å². The zero-order valence-corrected chi connectivity index (χ0v) is 15.1. The first kappa shape index (κ1) is 16.7. The van der Waals surface area contributed by atoms with Gasteiger partial charge in [-0.2, -0.15) is 0 Å². The van der Waals surface area contributed by atoms with Crippen LogP contribution in [0.25, 0.3) is 0 Å². The van der Waals surface area contributed by atoms with Crippen molar-refractivity contribution in [3.05, 3.63) is 46.8 Å². The van der Waals surface area contributed by atoms with E-state index in [4.69, 9.17) is 4.74 Å². The molecule has 1 aliphatic heterocycles. The number of ether oxygens (including phenoxy) is 1. The van der Waals surface area contributed by atoms with Crippen molar-refractivity contribution >= 4 is 27.7 Å². The molecule has 0 spiro atoms. The second-order valence-corrected chi connectivity index (χ2v) is 6.54. The maximum Gasteiger partial charge on any atom is 0.260 e. The second kappa shape index (κ2) is 7.61. The molecule has 24 heavy (non-hydrogen) atoms. The Labute approximate surface area is 149 Å². The van der Waals surface area contributed by atoms with Crippen LogP contribution < -0.4 is 9.64 Å². The molecule has 1 aliphatic rings. The lowest BCUT2D eigenvalue weighted by Crippen LogP contribution is -2.50. The van der Waals surface area contributed by atoms with Crippen LogP contribution in [0.2, 0.25) is 0 Å². The van der Waals surface area contributed by atoms with Crippen LogP contribution in [-0.2, 0) is 4.79 Å². The van der Waals surface area contributed by atoms with Crippen LogP contribution in [0.4, 0.5) is 5.82 Å². The zero-order chi connectivity index (χ0) is 16.9. The molecule has 0 atom stereocenters. The quantitative estimate of drug-likeness (QED) is 0.801. The molecule has 0 radical (unpaired) electrons. The van der Waals surface area contributed by atoms with Gasteiger partial charge in [-0.1, -0.05) is 15.9 Å². The third kappa shape index (κ3) is 4.23. The molecule has 0 N–H and O–H groups in total. The van der Waals surface area contributed by atoms with Crippen molar-refractivity contribution in [1.29, 1.82) is 0 Å². The average molecular weight is 391 g/mol. The minimum absolute atomic E-state index is 0.0106. The summed E-state index contributed by atoms with van der Waals surface area (Å²) >= 11 is 3.37. The van der Waals surface area contributed by atoms with Crippen LogP contribution >= 0.6 is 15.9 Å². The van der Waals surface area contributed by atoms with E-state index in [0.29, 0.717) is 18.8 Å². The fourth-order valence-electron chi connectivity index (χ4n) is 2.57. The number of rotatable bonds is 4. The molecule has 7 heteroatoms. The predicted octanol–water partition coefficient (Wildman–Crippen LogP) is 2.28. The molecule has 1 aromatic heterocycles. The first-order chi connectivity index (χ1) is 11.6. The van der Waals surface area contributed by atoms with Crippen LogP contribution in [0.1, 0.15) is 5.69 Å². The third-order valence-corrected chi connectivity index (χ3v) is 4.45. The van der Waals surface area contributed by atoms with Crippen molar-refractivity contribution in [3.63, 3.8) is 0 Å². The highest BCUT2D eigenvalue weighted by molar-refractivity contribution is 9.10. The Kier molecular flexibility index (Phi) is 5.30. The number of aromatic nitrogens is 2. The molecular weight excluding hydrogens is 372 g/mol. The maximum atomic E-state index is 12.3. The van der Waals surface area contributed by atoms with Crippen LogP contribution in [0.5, 0.6) is 5.75 Å². The van der Waals surface area contributed by atoms with Gasteiger partial charge in [-0.05, 0) is 31.2 Å². The Hall–Kier alpha value is -2.15. The number of carbonyl (C=O) groups excluding carboxylic acids is 1. The van der Waals surface area contributed by atoms with E-state index in [1.807, 2.05) is 42.2 Å². The number of piperazine rings is 1. The summed E-state index contributed by atoms with van der Waals surface area (Å²) in [6.07, 6.45) is 1.58. The van der Waals surface area contributed by atoms with Crippen LogP contribution in [-0.4, -0.2) is 53.6 Å². The number of aryl methyl sites for hydroxylation is 1. The lowest BCUT2D eigenvalue weighted by atomic mass is 10.3. The maximum absolute atomic E-state index is 12.3. The van der Waals surface area contributed by atoms with Crippen molar-refractivity contribution in [2.24, 2.45) is 0 Å². The summed E-state index contributed by atoms with van der Waals surface area (Å²) in [5.74, 6) is 1.62. The predicted molar refractivity (Wildman–Crippen MR) is 95.2 cm³/mol. The molecular formula is C17H19BrN4O2. The molecule has 126 valence electrons. The van der Waals surface area contributed by atoms with Gasteiger partial charge in [-0.3, -0.25) is 4.79 Å². The summed E-state index contributed by atoms with van der Waals surface area (Å²) in [4.78, 5) is 24.7. The number of benzene rings is 1. The lowest BCUT2D eigenvalue weighted by molar-refractivity contribution is -0.133. The van der Waals surface area contributed by atoms with E-state index in [9.17, 15) is 4.79 Å². The van der Waals surface area contributed by atoms with Crippen molar-refractivity contribution in [2.75, 3.05) is 37.7 Å². The standard InChI is InChI=1S/C17H19BrN4O2/c1-13-10-16(20-12-19-13)21-6-8-22(9-7-21)17(23)11-24-15-4-2-14(18)3-5-15/h2-5,10,12H,6-9,11H2,1H3. The van der Waals surface area contributed by atoms with E-state index >= 15 is 0 Å². The molecule has 0 unspecified atom stereocenters. The molecule has 1 saturated heterocycles. The first-order valence-electron chi connectivity index (χ1n) is 7.81. The smallest absolute Gasteiger partial charge is 0.260 e. The highest BCUT2D eigenvalue weighted by Crippen LogP contribution is 2.17. The van der Waals surface area contributed by atoms with E-state index in [0.717, 1.165) is 29.1 Å². The summed E-state index contributed by atoms with van der Waals surface area (Å²) in [6, 6.07) is 9.43. The van der Waals surface area contributed by atoms with E-state index in [-0.39, 0.29) is 12.5 Å². The molecule has 6 nitrogen and oxygen atoms in total. The van der Waals surface area contributed by atoms with Gasteiger partial charge in [0, 0.05) is 42.4 Å². The monoisotopic (exact) mass is 390 g/mol. The Morgan fingerprint density at radius 2 is 1.88 bits per heavy atom. The van der Waals surface area contributed by atoms with E-state index in [1.165, 1.54) is 0 Å². The largest absolute Gasteiger partial charge is 0.484 e. The summed E-state index contributed by atoms with van der Waals surface area (Å²) < 4.78 is 6.54. The first-order valence-corrected chi connectivity index (χ1v) is 8.61. The number of amides is 1. The van der Waals surface area contributed by atoms with Gasteiger partial charge in [-0.15, -0.1) is 0 Å². The Balaban J connectivity index is 1.49. The molecule has 0 aliphatic carbocycles. The number of halogens is 1. The molecule has 1 amide bonds. The molecule has 0 bridgehead atoms. The van der Waals surface area contributed by atoms with Crippen molar-refractivity contribution in [1.82, 2.24) is 14.9 Å². The summed E-state index contributed by atoms with van der Waals surface area (Å²) in [6.45, 7) is 4.89. The number of carbonyl (C=O) groups is 1. The fraction of sp³-hybridized carbons (Fsp3) is 0.353. The fourth-order valence-corrected chi connectivity index (χ4v) is 2.83. The molecule has 1 aromatic carbocycles. The Bertz CT molecular complexity index is 700. The minimum Gasteiger partial charge on any atom is -0.484 e. The SMILES string of the molecule is Cc1cc(N2CCN(C(=O)COc3ccc(Br)cc3)CC2)ncn1. The summed E-state index contributed by atoms with van der Waals surface area (Å²) in [5, 5.41) is 0. The van der Waals surface area contributed by atoms with Gasteiger partial charge in [0.05, 0.1) is 0 Å². The summed E-state index contributed by atoms with van der Waals surface area (Å²) in [5.41, 5.74) is 0.946. The average Bonchev–Trinajstić information content (AvgIpc) is 2.61. The Morgan fingerprint density at radius 3 is 2.54 bits per heavy atom. The van der Waals surface area contributed by atoms with Gasteiger partial charge in [0.25, 0.3) is 5.91 Å². The lowest BCUT2D eigenvalue weighted by Gasteiger charge is -2.35. The van der Waals surface area contributed by atoms with Crippen LogP contribution in [0.15, 0.2) is 41.1 Å². The van der Waals surface area contributed by atoms with Gasteiger partial charge in [0.2, 0.25) is 0 Å². The summed E-state index contributed by atoms with van der Waals surface area (Å²) in [7, 11) is 0. The van der Waals surface area contributed by atoms with Gasteiger partial charge >= 0.3 is 0 Å². The molecule has 1 fully saturated rings. The van der Waals surface area contributed by atoms with E-state index in [1.54, 1.807) is 6.33 Å². The van der Waals surface area contributed by atoms with Gasteiger partial charge in [-0.25, -0.2) is 9.97 Å². The molecule has 3 rings (SSSR count). The highest BCUT2D eigenvalue weighted by Gasteiger charge is 2.22. The number of anilines is 1. The van der Waals surface area contributed by atoms with Crippen molar-refractivity contribution in [3.8, 4) is 5.75 Å². The van der Waals surface area contributed by atoms with Gasteiger partial charge in [0.1, 0.15) is 17.9 Å². The van der Waals surface area contributed by atoms with Crippen molar-refractivity contribution < 1.29 is 9.53 Å². The number of nitrogens with zero attached hydrogens (tertiary/aromatic N) is 4. The number of hydrogen-bond acceptors (Lipinski definition) is 5. The normalized spacial score (nSPS) is 14.6. The molecule has 0 saturated carbocycles. The van der Waals surface area contributed by atoms with Gasteiger partial charge < -0.3 is 14.5 Å². The Morgan fingerprint density at radius 1 is 1.17 bits per heavy atom. The van der Waals surface area contributed by atoms with Crippen LogP contribution in [0, 0.1) is 6.92 Å². The van der Waals surface area contributed by atoms with E-state index < -0.39 is 0 Å². The molecule has 2 heterocycles. The molecule has 2 aromatic rings. The van der Waals surface area contributed by atoms with Crippen molar-refractivity contribution in [2.45, 2.75) is 6.92 Å². The second-order valence-electron chi connectivity index (χ2n) is 5.63. The van der Waals surface area contributed by atoms with Crippen LogP contribution in [0.3, 0.4) is 0 Å².